The SMILES string of the molecule is O=C(O)CCC1CN(C(=O)c2cc(NC(=O)OCC3c4ccccc4-c4ccccc43)n[nH]2)C1. The highest BCUT2D eigenvalue weighted by molar-refractivity contribution is 5.94. The van der Waals surface area contributed by atoms with E-state index in [0.717, 1.165) is 22.3 Å². The number of aromatic amines is 1. The van der Waals surface area contributed by atoms with Crippen molar-refractivity contribution < 1.29 is 24.2 Å². The van der Waals surface area contributed by atoms with E-state index in [0.29, 0.717) is 19.5 Å². The summed E-state index contributed by atoms with van der Waals surface area (Å²) >= 11 is 0. The Morgan fingerprint density at radius 2 is 1.71 bits per heavy atom. The van der Waals surface area contributed by atoms with Crippen LogP contribution in [-0.2, 0) is 9.53 Å². The summed E-state index contributed by atoms with van der Waals surface area (Å²) in [6, 6.07) is 17.7. The minimum atomic E-state index is -0.831. The molecule has 1 aliphatic heterocycles. The second-order valence-electron chi connectivity index (χ2n) is 8.63. The molecule has 2 amide bonds. The van der Waals surface area contributed by atoms with Crippen molar-refractivity contribution in [3.8, 4) is 11.1 Å². The number of carbonyl (C=O) groups excluding carboxylic acids is 2. The first-order valence-corrected chi connectivity index (χ1v) is 11.2. The third-order valence-electron chi connectivity index (χ3n) is 6.39. The van der Waals surface area contributed by atoms with Crippen LogP contribution in [0.2, 0.25) is 0 Å². The van der Waals surface area contributed by atoms with E-state index in [4.69, 9.17) is 9.84 Å². The predicted molar refractivity (Wildman–Crippen MR) is 124 cm³/mol. The number of aliphatic carboxylic acids is 1. The molecule has 1 aliphatic carbocycles. The Morgan fingerprint density at radius 1 is 1.06 bits per heavy atom. The summed E-state index contributed by atoms with van der Waals surface area (Å²) < 4.78 is 5.51. The van der Waals surface area contributed by atoms with Gasteiger partial charge in [-0.05, 0) is 34.6 Å². The highest BCUT2D eigenvalue weighted by Crippen LogP contribution is 2.44. The zero-order valence-corrected chi connectivity index (χ0v) is 18.4. The molecule has 5 rings (SSSR count). The van der Waals surface area contributed by atoms with Crippen LogP contribution >= 0.6 is 0 Å². The quantitative estimate of drug-likeness (QED) is 0.494. The summed E-state index contributed by atoms with van der Waals surface area (Å²) in [6.45, 7) is 1.21. The van der Waals surface area contributed by atoms with Gasteiger partial charge in [-0.15, -0.1) is 0 Å². The lowest BCUT2D eigenvalue weighted by Crippen LogP contribution is -2.50. The fourth-order valence-corrected chi connectivity index (χ4v) is 4.65. The van der Waals surface area contributed by atoms with Crippen molar-refractivity contribution in [2.24, 2.45) is 5.92 Å². The van der Waals surface area contributed by atoms with Crippen LogP contribution in [0, 0.1) is 5.92 Å². The number of rotatable bonds is 7. The Labute approximate surface area is 195 Å². The molecular weight excluding hydrogens is 436 g/mol. The van der Waals surface area contributed by atoms with Crippen molar-refractivity contribution in [2.75, 3.05) is 25.0 Å². The van der Waals surface area contributed by atoms with E-state index in [2.05, 4.69) is 39.8 Å². The van der Waals surface area contributed by atoms with Crippen LogP contribution in [-0.4, -0.2) is 57.9 Å². The molecule has 1 fully saturated rings. The lowest BCUT2D eigenvalue weighted by molar-refractivity contribution is -0.137. The number of likely N-dealkylation sites (tertiary alicyclic amines) is 1. The standard InChI is InChI=1S/C25H24N4O5/c30-23(31)10-9-15-12-29(13-15)24(32)21-11-22(28-27-21)26-25(33)34-14-20-18-7-3-1-5-16(18)17-6-2-4-8-19(17)20/h1-8,11,15,20H,9-10,12-14H2,(H,30,31)(H2,26,27,28,33). The molecule has 2 aliphatic rings. The Morgan fingerprint density at radius 3 is 2.35 bits per heavy atom. The van der Waals surface area contributed by atoms with Crippen LogP contribution < -0.4 is 5.32 Å². The van der Waals surface area contributed by atoms with Gasteiger partial charge in [0.2, 0.25) is 0 Å². The second kappa shape index (κ2) is 9.01. The maximum absolute atomic E-state index is 12.5. The van der Waals surface area contributed by atoms with Crippen molar-refractivity contribution in [1.82, 2.24) is 15.1 Å². The lowest BCUT2D eigenvalue weighted by atomic mass is 9.94. The molecule has 34 heavy (non-hydrogen) atoms. The molecular formula is C25H24N4O5. The smallest absolute Gasteiger partial charge is 0.412 e. The molecule has 2 heterocycles. The number of benzene rings is 2. The average Bonchev–Trinajstić information content (AvgIpc) is 3.39. The molecule has 2 aromatic carbocycles. The number of hydrogen-bond acceptors (Lipinski definition) is 5. The molecule has 0 saturated carbocycles. The van der Waals surface area contributed by atoms with Gasteiger partial charge < -0.3 is 14.7 Å². The number of carboxylic acids is 1. The van der Waals surface area contributed by atoms with Crippen LogP contribution in [0.5, 0.6) is 0 Å². The minimum Gasteiger partial charge on any atom is -0.481 e. The molecule has 1 aromatic heterocycles. The number of nitrogens with one attached hydrogen (secondary N) is 2. The molecule has 9 nitrogen and oxygen atoms in total. The number of aromatic nitrogens is 2. The van der Waals surface area contributed by atoms with Crippen molar-refractivity contribution in [3.63, 3.8) is 0 Å². The molecule has 0 spiro atoms. The number of ether oxygens (including phenoxy) is 1. The normalized spacial score (nSPS) is 14.8. The van der Waals surface area contributed by atoms with E-state index in [9.17, 15) is 14.4 Å². The van der Waals surface area contributed by atoms with E-state index in [-0.39, 0.29) is 42.3 Å². The first-order chi connectivity index (χ1) is 16.5. The third-order valence-corrected chi connectivity index (χ3v) is 6.39. The molecule has 0 atom stereocenters. The topological polar surface area (TPSA) is 125 Å². The van der Waals surface area contributed by atoms with Crippen molar-refractivity contribution >= 4 is 23.8 Å². The molecule has 0 bridgehead atoms. The van der Waals surface area contributed by atoms with Crippen molar-refractivity contribution in [1.29, 1.82) is 0 Å². The van der Waals surface area contributed by atoms with Gasteiger partial charge in [-0.1, -0.05) is 48.5 Å². The van der Waals surface area contributed by atoms with Gasteiger partial charge in [0.25, 0.3) is 5.91 Å². The third kappa shape index (κ3) is 4.24. The number of anilines is 1. The number of amides is 2. The van der Waals surface area contributed by atoms with Gasteiger partial charge in [-0.25, -0.2) is 4.79 Å². The van der Waals surface area contributed by atoms with Crippen LogP contribution in [0.1, 0.15) is 40.4 Å². The Bertz CT molecular complexity index is 1200. The van der Waals surface area contributed by atoms with Gasteiger partial charge >= 0.3 is 12.1 Å². The van der Waals surface area contributed by atoms with Crippen LogP contribution in [0.3, 0.4) is 0 Å². The summed E-state index contributed by atoms with van der Waals surface area (Å²) in [5.41, 5.74) is 4.81. The molecule has 0 unspecified atom stereocenters. The van der Waals surface area contributed by atoms with E-state index in [1.54, 1.807) is 4.90 Å². The summed E-state index contributed by atoms with van der Waals surface area (Å²) in [5, 5.41) is 18.0. The van der Waals surface area contributed by atoms with Crippen LogP contribution in [0.4, 0.5) is 10.6 Å². The van der Waals surface area contributed by atoms with E-state index >= 15 is 0 Å². The lowest BCUT2D eigenvalue weighted by Gasteiger charge is -2.38. The summed E-state index contributed by atoms with van der Waals surface area (Å²) in [7, 11) is 0. The second-order valence-corrected chi connectivity index (χ2v) is 8.63. The number of fused-ring (bicyclic) bond motifs is 3. The number of hydrogen-bond donors (Lipinski definition) is 3. The highest BCUT2D eigenvalue weighted by Gasteiger charge is 2.32. The maximum atomic E-state index is 12.5. The number of carboxylic acid groups (broad SMARTS) is 1. The van der Waals surface area contributed by atoms with Crippen LogP contribution in [0.25, 0.3) is 11.1 Å². The molecule has 3 N–H and O–H groups in total. The average molecular weight is 460 g/mol. The summed E-state index contributed by atoms with van der Waals surface area (Å²) in [5.74, 6) is -0.721. The fraction of sp³-hybridized carbons (Fsp3) is 0.280. The zero-order valence-electron chi connectivity index (χ0n) is 18.4. The summed E-state index contributed by atoms with van der Waals surface area (Å²) in [6.07, 6.45) is 0.00630. The Kier molecular flexibility index (Phi) is 5.75. The van der Waals surface area contributed by atoms with E-state index < -0.39 is 12.1 Å². The van der Waals surface area contributed by atoms with E-state index in [1.807, 2.05) is 24.3 Å². The van der Waals surface area contributed by atoms with Crippen molar-refractivity contribution in [3.05, 3.63) is 71.4 Å². The number of carbonyl (C=O) groups is 3. The van der Waals surface area contributed by atoms with Gasteiger partial charge in [-0.3, -0.25) is 20.0 Å². The fourth-order valence-electron chi connectivity index (χ4n) is 4.65. The number of nitrogens with zero attached hydrogens (tertiary/aromatic N) is 2. The molecule has 9 heteroatoms. The van der Waals surface area contributed by atoms with Crippen LogP contribution in [0.15, 0.2) is 54.6 Å². The zero-order chi connectivity index (χ0) is 23.7. The van der Waals surface area contributed by atoms with Gasteiger partial charge in [0, 0.05) is 31.5 Å². The molecule has 3 aromatic rings. The Hall–Kier alpha value is -4.14. The first-order valence-electron chi connectivity index (χ1n) is 11.2. The Balaban J connectivity index is 1.15. The number of H-pyrrole nitrogens is 1. The largest absolute Gasteiger partial charge is 0.481 e. The maximum Gasteiger partial charge on any atom is 0.412 e. The predicted octanol–water partition coefficient (Wildman–Crippen LogP) is 3.71. The minimum absolute atomic E-state index is 0.0463. The monoisotopic (exact) mass is 460 g/mol. The van der Waals surface area contributed by atoms with Gasteiger partial charge in [0.1, 0.15) is 12.3 Å². The highest BCUT2D eigenvalue weighted by atomic mass is 16.5. The molecule has 1 saturated heterocycles. The van der Waals surface area contributed by atoms with E-state index in [1.165, 1.54) is 6.07 Å². The van der Waals surface area contributed by atoms with Crippen molar-refractivity contribution in [2.45, 2.75) is 18.8 Å². The first kappa shape index (κ1) is 21.7. The van der Waals surface area contributed by atoms with Gasteiger partial charge in [0.05, 0.1) is 0 Å². The van der Waals surface area contributed by atoms with Gasteiger partial charge in [0.15, 0.2) is 5.82 Å². The van der Waals surface area contributed by atoms with Gasteiger partial charge in [-0.2, -0.15) is 5.10 Å². The summed E-state index contributed by atoms with van der Waals surface area (Å²) in [4.78, 5) is 37.2. The molecule has 0 radical (unpaired) electrons. The molecule has 174 valence electrons.